The van der Waals surface area contributed by atoms with Crippen LogP contribution in [0.1, 0.15) is 12.3 Å². The molecule has 0 fully saturated rings. The molecule has 2 rings (SSSR count). The van der Waals surface area contributed by atoms with Gasteiger partial charge in [0.2, 0.25) is 0 Å². The Labute approximate surface area is 102 Å². The molecule has 2 aromatic rings. The van der Waals surface area contributed by atoms with Gasteiger partial charge in [0.25, 0.3) is 0 Å². The second kappa shape index (κ2) is 5.01. The van der Waals surface area contributed by atoms with Crippen molar-refractivity contribution in [1.82, 2.24) is 4.98 Å². The summed E-state index contributed by atoms with van der Waals surface area (Å²) >= 11 is 13.1. The van der Waals surface area contributed by atoms with Gasteiger partial charge in [-0.3, -0.25) is 0 Å². The maximum Gasteiger partial charge on any atom is 0.194 e. The number of aryl methyl sites for hydroxylation is 1. The first-order chi connectivity index (χ1) is 7.31. The van der Waals surface area contributed by atoms with Crippen molar-refractivity contribution in [3.63, 3.8) is 0 Å². The van der Waals surface area contributed by atoms with Crippen molar-refractivity contribution in [2.24, 2.45) is 0 Å². The summed E-state index contributed by atoms with van der Waals surface area (Å²) in [6, 6.07) is 1.85. The first-order valence-electron chi connectivity index (χ1n) is 4.55. The standard InChI is InChI=1S/C10H9Cl2NOS/c11-4-1-2-9-13-6-8(14-9)10-7(12)3-5-15-10/h3,5-6H,1-2,4H2. The Morgan fingerprint density at radius 3 is 3.00 bits per heavy atom. The van der Waals surface area contributed by atoms with Crippen molar-refractivity contribution in [3.05, 3.63) is 28.6 Å². The van der Waals surface area contributed by atoms with E-state index in [9.17, 15) is 0 Å². The molecular weight excluding hydrogens is 253 g/mol. The molecule has 0 atom stereocenters. The van der Waals surface area contributed by atoms with Crippen LogP contribution < -0.4 is 0 Å². The van der Waals surface area contributed by atoms with Crippen LogP contribution >= 0.6 is 34.5 Å². The van der Waals surface area contributed by atoms with Crippen LogP contribution in [0, 0.1) is 0 Å². The van der Waals surface area contributed by atoms with E-state index in [0.29, 0.717) is 10.9 Å². The molecule has 2 heterocycles. The smallest absolute Gasteiger partial charge is 0.194 e. The van der Waals surface area contributed by atoms with Gasteiger partial charge in [-0.1, -0.05) is 11.6 Å². The van der Waals surface area contributed by atoms with Crippen LogP contribution in [0.5, 0.6) is 0 Å². The number of hydrogen-bond acceptors (Lipinski definition) is 3. The zero-order chi connectivity index (χ0) is 10.7. The third-order valence-corrected chi connectivity index (χ3v) is 3.54. The monoisotopic (exact) mass is 261 g/mol. The summed E-state index contributed by atoms with van der Waals surface area (Å²) in [6.07, 6.45) is 3.35. The lowest BCUT2D eigenvalue weighted by Gasteiger charge is -1.92. The Bertz CT molecular complexity index is 438. The highest BCUT2D eigenvalue weighted by Gasteiger charge is 2.10. The topological polar surface area (TPSA) is 26.0 Å². The second-order valence-electron chi connectivity index (χ2n) is 3.01. The molecule has 0 saturated heterocycles. The number of oxazole rings is 1. The number of alkyl halides is 1. The van der Waals surface area contributed by atoms with Gasteiger partial charge in [0.05, 0.1) is 16.1 Å². The summed E-state index contributed by atoms with van der Waals surface area (Å²) in [4.78, 5) is 5.11. The van der Waals surface area contributed by atoms with Gasteiger partial charge in [-0.2, -0.15) is 0 Å². The van der Waals surface area contributed by atoms with Crippen molar-refractivity contribution < 1.29 is 4.42 Å². The van der Waals surface area contributed by atoms with Crippen molar-refractivity contribution in [2.45, 2.75) is 12.8 Å². The van der Waals surface area contributed by atoms with Gasteiger partial charge < -0.3 is 4.42 Å². The molecule has 0 unspecified atom stereocenters. The fourth-order valence-corrected chi connectivity index (χ4v) is 2.45. The lowest BCUT2D eigenvalue weighted by atomic mass is 10.3. The molecule has 0 spiro atoms. The van der Waals surface area contributed by atoms with Crippen LogP contribution in [-0.2, 0) is 6.42 Å². The number of hydrogen-bond donors (Lipinski definition) is 0. The van der Waals surface area contributed by atoms with Gasteiger partial charge in [0, 0.05) is 12.3 Å². The summed E-state index contributed by atoms with van der Waals surface area (Å²) in [7, 11) is 0. The predicted molar refractivity (Wildman–Crippen MR) is 63.9 cm³/mol. The Balaban J connectivity index is 2.17. The quantitative estimate of drug-likeness (QED) is 0.771. The highest BCUT2D eigenvalue weighted by atomic mass is 35.5. The number of aromatic nitrogens is 1. The Kier molecular flexibility index (Phi) is 3.67. The molecule has 0 aromatic carbocycles. The van der Waals surface area contributed by atoms with Gasteiger partial charge in [0.1, 0.15) is 0 Å². The molecule has 0 N–H and O–H groups in total. The molecule has 0 radical (unpaired) electrons. The minimum Gasteiger partial charge on any atom is -0.440 e. The highest BCUT2D eigenvalue weighted by molar-refractivity contribution is 7.14. The van der Waals surface area contributed by atoms with Crippen LogP contribution in [-0.4, -0.2) is 10.9 Å². The number of thiophene rings is 1. The fourth-order valence-electron chi connectivity index (χ4n) is 1.22. The molecule has 2 nitrogen and oxygen atoms in total. The summed E-state index contributed by atoms with van der Waals surface area (Å²) in [5.74, 6) is 2.08. The minimum atomic E-state index is 0.622. The average molecular weight is 262 g/mol. The molecule has 80 valence electrons. The summed E-state index contributed by atoms with van der Waals surface area (Å²) < 4.78 is 5.57. The molecule has 5 heteroatoms. The van der Waals surface area contributed by atoms with E-state index in [1.54, 1.807) is 17.5 Å². The van der Waals surface area contributed by atoms with Crippen molar-refractivity contribution in [3.8, 4) is 10.6 Å². The predicted octanol–water partition coefficient (Wildman–Crippen LogP) is 4.23. The number of halogens is 2. The second-order valence-corrected chi connectivity index (χ2v) is 4.71. The molecule has 0 aliphatic heterocycles. The Morgan fingerprint density at radius 1 is 1.47 bits per heavy atom. The van der Waals surface area contributed by atoms with E-state index in [2.05, 4.69) is 4.98 Å². The Morgan fingerprint density at radius 2 is 2.33 bits per heavy atom. The molecule has 0 aliphatic rings. The molecular formula is C10H9Cl2NOS. The van der Waals surface area contributed by atoms with E-state index in [1.165, 1.54) is 0 Å². The zero-order valence-corrected chi connectivity index (χ0v) is 10.2. The highest BCUT2D eigenvalue weighted by Crippen LogP contribution is 2.33. The van der Waals surface area contributed by atoms with Crippen LogP contribution in [0.3, 0.4) is 0 Å². The minimum absolute atomic E-state index is 0.622. The van der Waals surface area contributed by atoms with E-state index < -0.39 is 0 Å². The molecule has 0 aliphatic carbocycles. The van der Waals surface area contributed by atoms with E-state index in [-0.39, 0.29) is 0 Å². The van der Waals surface area contributed by atoms with Gasteiger partial charge in [-0.15, -0.1) is 22.9 Å². The Hall–Kier alpha value is -0.510. The van der Waals surface area contributed by atoms with E-state index >= 15 is 0 Å². The maximum absolute atomic E-state index is 5.99. The summed E-state index contributed by atoms with van der Waals surface area (Å²) in [5, 5.41) is 2.64. The number of nitrogens with zero attached hydrogens (tertiary/aromatic N) is 1. The first-order valence-corrected chi connectivity index (χ1v) is 6.34. The van der Waals surface area contributed by atoms with Gasteiger partial charge in [-0.05, 0) is 17.9 Å². The largest absolute Gasteiger partial charge is 0.440 e. The summed E-state index contributed by atoms with van der Waals surface area (Å²) in [5.41, 5.74) is 0. The molecule has 0 amide bonds. The molecule has 2 aromatic heterocycles. The zero-order valence-electron chi connectivity index (χ0n) is 7.87. The van der Waals surface area contributed by atoms with E-state index in [1.807, 2.05) is 11.4 Å². The maximum atomic E-state index is 5.99. The lowest BCUT2D eigenvalue weighted by molar-refractivity contribution is 0.504. The van der Waals surface area contributed by atoms with Crippen LogP contribution in [0.4, 0.5) is 0 Å². The van der Waals surface area contributed by atoms with Crippen molar-refractivity contribution in [1.29, 1.82) is 0 Å². The van der Waals surface area contributed by atoms with Crippen LogP contribution in [0.15, 0.2) is 22.1 Å². The average Bonchev–Trinajstić information content (AvgIpc) is 2.83. The van der Waals surface area contributed by atoms with Crippen molar-refractivity contribution >= 4 is 34.5 Å². The lowest BCUT2D eigenvalue weighted by Crippen LogP contribution is -1.84. The van der Waals surface area contributed by atoms with Gasteiger partial charge >= 0.3 is 0 Å². The molecule has 0 saturated carbocycles. The third-order valence-electron chi connectivity index (χ3n) is 1.92. The summed E-state index contributed by atoms with van der Waals surface area (Å²) in [6.45, 7) is 0. The van der Waals surface area contributed by atoms with Gasteiger partial charge in [-0.25, -0.2) is 4.98 Å². The fraction of sp³-hybridized carbons (Fsp3) is 0.300. The van der Waals surface area contributed by atoms with Crippen LogP contribution in [0.2, 0.25) is 5.02 Å². The van der Waals surface area contributed by atoms with Crippen LogP contribution in [0.25, 0.3) is 10.6 Å². The third kappa shape index (κ3) is 2.54. The van der Waals surface area contributed by atoms with E-state index in [0.717, 1.165) is 29.4 Å². The molecule has 15 heavy (non-hydrogen) atoms. The van der Waals surface area contributed by atoms with Crippen molar-refractivity contribution in [2.75, 3.05) is 5.88 Å². The normalized spacial score (nSPS) is 10.8. The SMILES string of the molecule is ClCCCc1ncc(-c2sccc2Cl)o1. The van der Waals surface area contributed by atoms with Gasteiger partial charge in [0.15, 0.2) is 11.7 Å². The first kappa shape index (κ1) is 11.0. The number of rotatable bonds is 4. The molecule has 0 bridgehead atoms. The van der Waals surface area contributed by atoms with E-state index in [4.69, 9.17) is 27.6 Å².